The highest BCUT2D eigenvalue weighted by Crippen LogP contribution is 2.44. The van der Waals surface area contributed by atoms with Crippen molar-refractivity contribution in [3.63, 3.8) is 0 Å². The van der Waals surface area contributed by atoms with Crippen LogP contribution in [-0.2, 0) is 9.53 Å². The molecule has 0 spiro atoms. The summed E-state index contributed by atoms with van der Waals surface area (Å²) in [6.45, 7) is 1.66. The summed E-state index contributed by atoms with van der Waals surface area (Å²) in [5.41, 5.74) is 4.62. The Bertz CT molecular complexity index is 1100. The molecule has 1 N–H and O–H groups in total. The average molecular weight is 514 g/mol. The Kier molecular flexibility index (Phi) is 6.74. The van der Waals surface area contributed by atoms with Gasteiger partial charge in [-0.15, -0.1) is 11.3 Å². The van der Waals surface area contributed by atoms with Gasteiger partial charge in [0.2, 0.25) is 0 Å². The fourth-order valence-corrected chi connectivity index (χ4v) is 5.73. The number of thiazole rings is 1. The lowest BCUT2D eigenvalue weighted by Gasteiger charge is -2.29. The molecule has 166 valence electrons. The van der Waals surface area contributed by atoms with Crippen molar-refractivity contribution >= 4 is 39.1 Å². The number of benzene rings is 2. The average Bonchev–Trinajstić information content (AvgIpc) is 3.33. The van der Waals surface area contributed by atoms with Gasteiger partial charge < -0.3 is 10.1 Å². The van der Waals surface area contributed by atoms with Crippen molar-refractivity contribution in [1.82, 2.24) is 15.2 Å². The number of nitrogens with zero attached hydrogens (tertiary/aromatic N) is 2. The molecule has 3 aromatic rings. The Morgan fingerprint density at radius 1 is 1.12 bits per heavy atom. The van der Waals surface area contributed by atoms with E-state index >= 15 is 0 Å². The van der Waals surface area contributed by atoms with Crippen LogP contribution in [0.4, 0.5) is 4.79 Å². The molecule has 32 heavy (non-hydrogen) atoms. The lowest BCUT2D eigenvalue weighted by Crippen LogP contribution is -2.48. The minimum Gasteiger partial charge on any atom is -0.449 e. The molecule has 8 heteroatoms. The van der Waals surface area contributed by atoms with Crippen LogP contribution in [0.1, 0.15) is 35.0 Å². The van der Waals surface area contributed by atoms with Gasteiger partial charge in [-0.2, -0.15) is 0 Å². The molecule has 2 aromatic carbocycles. The first-order valence-electron chi connectivity index (χ1n) is 10.3. The van der Waals surface area contributed by atoms with Gasteiger partial charge in [-0.05, 0) is 59.2 Å². The van der Waals surface area contributed by atoms with Crippen molar-refractivity contribution < 1.29 is 14.3 Å². The van der Waals surface area contributed by atoms with Crippen molar-refractivity contribution in [2.24, 2.45) is 0 Å². The van der Waals surface area contributed by atoms with Crippen LogP contribution in [0, 0.1) is 0 Å². The Labute approximate surface area is 199 Å². The van der Waals surface area contributed by atoms with E-state index < -0.39 is 18.2 Å². The summed E-state index contributed by atoms with van der Waals surface area (Å²) in [5, 5.41) is 5.37. The second-order valence-corrected chi connectivity index (χ2v) is 9.68. The standard InChI is InChI=1S/C24H24BrN3O3S/c1-14(29)21(22(28(2)3)23-26-20(25)13-32-23)27-24(30)31-12-19-17-10-6-4-8-15(17)16-9-5-7-11-18(16)19/h4-11,13,19,21-22H,12H2,1-3H3,(H,27,30)/t21-,22+/m1/s1. The molecular weight excluding hydrogens is 490 g/mol. The van der Waals surface area contributed by atoms with Gasteiger partial charge in [0, 0.05) is 11.3 Å². The zero-order valence-electron chi connectivity index (χ0n) is 18.0. The maximum Gasteiger partial charge on any atom is 0.407 e. The van der Waals surface area contributed by atoms with Gasteiger partial charge in [-0.25, -0.2) is 9.78 Å². The van der Waals surface area contributed by atoms with Crippen molar-refractivity contribution in [3.8, 4) is 11.1 Å². The van der Waals surface area contributed by atoms with E-state index in [4.69, 9.17) is 4.74 Å². The van der Waals surface area contributed by atoms with Crippen LogP contribution >= 0.6 is 27.3 Å². The molecule has 0 saturated carbocycles. The fourth-order valence-electron chi connectivity index (χ4n) is 4.23. The summed E-state index contributed by atoms with van der Waals surface area (Å²) in [7, 11) is 3.71. The number of halogens is 1. The van der Waals surface area contributed by atoms with E-state index in [2.05, 4.69) is 50.5 Å². The van der Waals surface area contributed by atoms with Gasteiger partial charge in [-0.1, -0.05) is 48.5 Å². The number of nitrogens with one attached hydrogen (secondary N) is 1. The summed E-state index contributed by atoms with van der Waals surface area (Å²) < 4.78 is 6.35. The maximum atomic E-state index is 12.8. The molecule has 1 aliphatic carbocycles. The van der Waals surface area contributed by atoms with Gasteiger partial charge in [-0.3, -0.25) is 9.69 Å². The van der Waals surface area contributed by atoms with E-state index in [1.54, 1.807) is 0 Å². The van der Waals surface area contributed by atoms with E-state index in [9.17, 15) is 9.59 Å². The first kappa shape index (κ1) is 22.6. The smallest absolute Gasteiger partial charge is 0.407 e. The quantitative estimate of drug-likeness (QED) is 0.480. The minimum absolute atomic E-state index is 0.0384. The third-order valence-electron chi connectivity index (χ3n) is 5.67. The number of fused-ring (bicyclic) bond motifs is 3. The molecule has 0 fully saturated rings. The SMILES string of the molecule is CC(=O)[C@@H](NC(=O)OCC1c2ccccc2-c2ccccc21)[C@@H](c1nc(Br)cs1)N(C)C. The van der Waals surface area contributed by atoms with Crippen LogP contribution in [0.25, 0.3) is 11.1 Å². The highest BCUT2D eigenvalue weighted by atomic mass is 79.9. The molecule has 6 nitrogen and oxygen atoms in total. The summed E-state index contributed by atoms with van der Waals surface area (Å²) in [5.74, 6) is -0.202. The van der Waals surface area contributed by atoms with Gasteiger partial charge in [0.05, 0.1) is 6.04 Å². The number of hydrogen-bond donors (Lipinski definition) is 1. The normalized spacial score (nSPS) is 14.5. The Morgan fingerprint density at radius 2 is 1.72 bits per heavy atom. The number of likely N-dealkylation sites (N-methyl/N-ethyl adjacent to an activating group) is 1. The lowest BCUT2D eigenvalue weighted by molar-refractivity contribution is -0.120. The second-order valence-electron chi connectivity index (χ2n) is 7.98. The van der Waals surface area contributed by atoms with E-state index in [1.165, 1.54) is 29.4 Å². The Hall–Kier alpha value is -2.55. The Morgan fingerprint density at radius 3 is 2.22 bits per heavy atom. The number of ketones is 1. The van der Waals surface area contributed by atoms with Crippen LogP contribution in [0.2, 0.25) is 0 Å². The molecule has 0 radical (unpaired) electrons. The van der Waals surface area contributed by atoms with Gasteiger partial charge in [0.25, 0.3) is 0 Å². The number of hydrogen-bond acceptors (Lipinski definition) is 6. The highest BCUT2D eigenvalue weighted by Gasteiger charge is 2.34. The van der Waals surface area contributed by atoms with Gasteiger partial charge >= 0.3 is 6.09 Å². The minimum atomic E-state index is -0.779. The van der Waals surface area contributed by atoms with Gasteiger partial charge in [0.15, 0.2) is 5.78 Å². The molecule has 4 rings (SSSR count). The number of alkyl carbamates (subject to hydrolysis) is 1. The largest absolute Gasteiger partial charge is 0.449 e. The molecule has 1 aromatic heterocycles. The fraction of sp³-hybridized carbons (Fsp3) is 0.292. The van der Waals surface area contributed by atoms with Crippen LogP contribution in [0.3, 0.4) is 0 Å². The maximum absolute atomic E-state index is 12.8. The molecule has 1 amide bonds. The van der Waals surface area contributed by atoms with Gasteiger partial charge in [0.1, 0.15) is 22.3 Å². The number of amides is 1. The van der Waals surface area contributed by atoms with Crippen molar-refractivity contribution in [1.29, 1.82) is 0 Å². The third kappa shape index (κ3) is 4.48. The monoisotopic (exact) mass is 513 g/mol. The van der Waals surface area contributed by atoms with Crippen LogP contribution in [0.15, 0.2) is 58.5 Å². The predicted molar refractivity (Wildman–Crippen MR) is 129 cm³/mol. The van der Waals surface area contributed by atoms with Crippen LogP contribution in [0.5, 0.6) is 0 Å². The number of ether oxygens (including phenoxy) is 1. The molecule has 2 atom stereocenters. The number of carbonyl (C=O) groups excluding carboxylic acids is 2. The van der Waals surface area contributed by atoms with Crippen LogP contribution in [-0.4, -0.2) is 48.5 Å². The van der Waals surface area contributed by atoms with E-state index in [0.717, 1.165) is 16.1 Å². The zero-order valence-corrected chi connectivity index (χ0v) is 20.4. The number of aromatic nitrogens is 1. The third-order valence-corrected chi connectivity index (χ3v) is 7.30. The predicted octanol–water partition coefficient (Wildman–Crippen LogP) is 5.00. The lowest BCUT2D eigenvalue weighted by atomic mass is 9.98. The van der Waals surface area contributed by atoms with Crippen molar-refractivity contribution in [2.45, 2.75) is 24.9 Å². The van der Waals surface area contributed by atoms with Crippen LogP contribution < -0.4 is 5.32 Å². The number of carbonyl (C=O) groups is 2. The number of Topliss-reactive ketones (excluding diaryl/α,β-unsaturated/α-hetero) is 1. The zero-order chi connectivity index (χ0) is 22.8. The topological polar surface area (TPSA) is 71.5 Å². The molecule has 1 heterocycles. The first-order chi connectivity index (χ1) is 15.4. The summed E-state index contributed by atoms with van der Waals surface area (Å²) in [4.78, 5) is 31.6. The molecule has 0 aliphatic heterocycles. The van der Waals surface area contributed by atoms with E-state index in [-0.39, 0.29) is 18.3 Å². The molecule has 0 saturated heterocycles. The first-order valence-corrected chi connectivity index (χ1v) is 11.9. The highest BCUT2D eigenvalue weighted by molar-refractivity contribution is 9.10. The molecule has 0 unspecified atom stereocenters. The molecule has 1 aliphatic rings. The summed E-state index contributed by atoms with van der Waals surface area (Å²) in [6.07, 6.45) is -0.616. The summed E-state index contributed by atoms with van der Waals surface area (Å²) in [6, 6.07) is 15.2. The van der Waals surface area contributed by atoms with E-state index in [1.807, 2.05) is 48.6 Å². The molecular formula is C24H24BrN3O3S. The second kappa shape index (κ2) is 9.52. The van der Waals surface area contributed by atoms with E-state index in [0.29, 0.717) is 4.60 Å². The summed E-state index contributed by atoms with van der Waals surface area (Å²) >= 11 is 4.79. The van der Waals surface area contributed by atoms with Crippen molar-refractivity contribution in [2.75, 3.05) is 20.7 Å². The molecule has 0 bridgehead atoms. The number of rotatable bonds is 7. The Balaban J connectivity index is 1.50. The van der Waals surface area contributed by atoms with Crippen molar-refractivity contribution in [3.05, 3.63) is 74.6 Å².